The first-order chi connectivity index (χ1) is 15.8. The van der Waals surface area contributed by atoms with Crippen LogP contribution in [-0.2, 0) is 9.59 Å². The van der Waals surface area contributed by atoms with E-state index in [-0.39, 0.29) is 4.91 Å². The topological polar surface area (TPSA) is 88.8 Å². The highest BCUT2D eigenvalue weighted by molar-refractivity contribution is 9.10. The first kappa shape index (κ1) is 23.2. The van der Waals surface area contributed by atoms with Crippen LogP contribution >= 0.6 is 39.3 Å². The van der Waals surface area contributed by atoms with Crippen LogP contribution in [0.2, 0.25) is 5.02 Å². The van der Waals surface area contributed by atoms with Gasteiger partial charge < -0.3 is 14.5 Å². The van der Waals surface area contributed by atoms with E-state index in [1.54, 1.807) is 49.6 Å². The third-order valence-corrected chi connectivity index (χ3v) is 6.79. The van der Waals surface area contributed by atoms with Gasteiger partial charge in [-0.1, -0.05) is 17.7 Å². The Balaban J connectivity index is 1.43. The third-order valence-electron chi connectivity index (χ3n) is 4.65. The van der Waals surface area contributed by atoms with Gasteiger partial charge in [0.15, 0.2) is 0 Å². The maximum atomic E-state index is 12.7. The van der Waals surface area contributed by atoms with Gasteiger partial charge in [-0.25, -0.2) is 0 Å². The summed E-state index contributed by atoms with van der Waals surface area (Å²) in [7, 11) is 1.54. The van der Waals surface area contributed by atoms with E-state index in [1.165, 1.54) is 6.08 Å². The summed E-state index contributed by atoms with van der Waals surface area (Å²) in [5.41, 5.74) is 1.30. The van der Waals surface area contributed by atoms with E-state index < -0.39 is 23.6 Å². The molecule has 168 valence electrons. The second-order valence-electron chi connectivity index (χ2n) is 6.88. The number of ether oxygens (including phenoxy) is 1. The van der Waals surface area contributed by atoms with E-state index in [0.29, 0.717) is 28.0 Å². The summed E-state index contributed by atoms with van der Waals surface area (Å²) in [6.45, 7) is -0.394. The largest absolute Gasteiger partial charge is 0.497 e. The number of hydrogen-bond acceptors (Lipinski definition) is 6. The lowest BCUT2D eigenvalue weighted by atomic mass is 10.2. The first-order valence-electron chi connectivity index (χ1n) is 9.58. The van der Waals surface area contributed by atoms with Crippen molar-refractivity contribution in [3.05, 3.63) is 74.8 Å². The van der Waals surface area contributed by atoms with Gasteiger partial charge in [-0.3, -0.25) is 19.3 Å². The van der Waals surface area contributed by atoms with Crippen LogP contribution in [0.4, 0.5) is 10.5 Å². The highest BCUT2D eigenvalue weighted by atomic mass is 79.9. The molecule has 0 saturated carbocycles. The molecule has 1 fully saturated rings. The summed E-state index contributed by atoms with van der Waals surface area (Å²) in [6, 6.07) is 15.6. The molecule has 1 aliphatic rings. The minimum Gasteiger partial charge on any atom is -0.497 e. The van der Waals surface area contributed by atoms with Gasteiger partial charge in [0.2, 0.25) is 5.91 Å². The van der Waals surface area contributed by atoms with E-state index in [0.717, 1.165) is 26.7 Å². The van der Waals surface area contributed by atoms with Crippen LogP contribution in [-0.4, -0.2) is 35.6 Å². The van der Waals surface area contributed by atoms with Crippen molar-refractivity contribution in [2.45, 2.75) is 0 Å². The number of imide groups is 1. The molecule has 2 heterocycles. The first-order valence-corrected chi connectivity index (χ1v) is 11.6. The SMILES string of the molecule is COc1ccc(NC(=O)CN2C(=O)S/C(=C/c3ccc(-c4ccc(Br)c(Cl)c4)o3)C2=O)cc1. The number of nitrogens with zero attached hydrogens (tertiary/aromatic N) is 1. The van der Waals surface area contributed by atoms with Crippen molar-refractivity contribution in [2.24, 2.45) is 0 Å². The lowest BCUT2D eigenvalue weighted by Crippen LogP contribution is -2.36. The molecule has 0 atom stereocenters. The predicted octanol–water partition coefficient (Wildman–Crippen LogP) is 6.05. The number of rotatable bonds is 6. The van der Waals surface area contributed by atoms with Crippen molar-refractivity contribution in [3.63, 3.8) is 0 Å². The lowest BCUT2D eigenvalue weighted by molar-refractivity contribution is -0.127. The molecule has 1 aromatic heterocycles. The Morgan fingerprint density at radius 3 is 2.64 bits per heavy atom. The average Bonchev–Trinajstić information content (AvgIpc) is 3.36. The highest BCUT2D eigenvalue weighted by Crippen LogP contribution is 2.34. The van der Waals surface area contributed by atoms with Crippen LogP contribution in [0.25, 0.3) is 17.4 Å². The molecule has 1 aliphatic heterocycles. The monoisotopic (exact) mass is 546 g/mol. The third kappa shape index (κ3) is 5.32. The molecule has 7 nitrogen and oxygen atoms in total. The number of benzene rings is 2. The Morgan fingerprint density at radius 2 is 1.94 bits per heavy atom. The molecule has 4 rings (SSSR count). The van der Waals surface area contributed by atoms with Crippen molar-refractivity contribution in [1.29, 1.82) is 0 Å². The number of methoxy groups -OCH3 is 1. The Morgan fingerprint density at radius 1 is 1.18 bits per heavy atom. The number of carbonyl (C=O) groups excluding carboxylic acids is 3. The molecule has 0 bridgehead atoms. The Kier molecular flexibility index (Phi) is 6.92. The van der Waals surface area contributed by atoms with Crippen LogP contribution in [0.3, 0.4) is 0 Å². The van der Waals surface area contributed by atoms with Crippen molar-refractivity contribution < 1.29 is 23.5 Å². The molecular weight excluding hydrogens is 532 g/mol. The Labute approximate surface area is 206 Å². The van der Waals surface area contributed by atoms with Crippen molar-refractivity contribution in [2.75, 3.05) is 19.0 Å². The summed E-state index contributed by atoms with van der Waals surface area (Å²) in [5.74, 6) is 0.565. The quantitative estimate of drug-likeness (QED) is 0.378. The molecule has 0 spiro atoms. The lowest BCUT2D eigenvalue weighted by Gasteiger charge is -2.12. The molecule has 10 heteroatoms. The molecule has 33 heavy (non-hydrogen) atoms. The standard InChI is InChI=1S/C23H16BrClN2O5S/c1-31-15-5-3-14(4-6-15)26-21(28)12-27-22(29)20(33-23(27)30)11-16-7-9-19(32-16)13-2-8-17(24)18(25)10-13/h2-11H,12H2,1H3,(H,26,28)/b20-11+. The zero-order valence-electron chi connectivity index (χ0n) is 17.1. The number of furan rings is 1. The predicted molar refractivity (Wildman–Crippen MR) is 131 cm³/mol. The molecule has 0 aliphatic carbocycles. The summed E-state index contributed by atoms with van der Waals surface area (Å²) in [6.07, 6.45) is 1.48. The van der Waals surface area contributed by atoms with Crippen LogP contribution in [0.15, 0.2) is 68.4 Å². The number of thioether (sulfide) groups is 1. The summed E-state index contributed by atoms with van der Waals surface area (Å²) in [4.78, 5) is 38.5. The number of hydrogen-bond donors (Lipinski definition) is 1. The van der Waals surface area contributed by atoms with Gasteiger partial charge in [0.25, 0.3) is 11.1 Å². The number of nitrogens with one attached hydrogen (secondary N) is 1. The smallest absolute Gasteiger partial charge is 0.294 e. The van der Waals surface area contributed by atoms with Crippen LogP contribution < -0.4 is 10.1 Å². The zero-order valence-corrected chi connectivity index (χ0v) is 20.3. The summed E-state index contributed by atoms with van der Waals surface area (Å²) < 4.78 is 11.6. The van der Waals surface area contributed by atoms with Crippen molar-refractivity contribution in [1.82, 2.24) is 4.90 Å². The molecular formula is C23H16BrClN2O5S. The Bertz CT molecular complexity index is 1270. The number of carbonyl (C=O) groups is 3. The van der Waals surface area contributed by atoms with Crippen LogP contribution in [0, 0.1) is 0 Å². The maximum absolute atomic E-state index is 12.7. The average molecular weight is 548 g/mol. The van der Waals surface area contributed by atoms with E-state index >= 15 is 0 Å². The van der Waals surface area contributed by atoms with Crippen LogP contribution in [0.5, 0.6) is 5.75 Å². The van der Waals surface area contributed by atoms with Gasteiger partial charge >= 0.3 is 0 Å². The number of amides is 3. The zero-order chi connectivity index (χ0) is 23.5. The molecule has 1 N–H and O–H groups in total. The normalized spacial score (nSPS) is 14.8. The molecule has 0 radical (unpaired) electrons. The van der Waals surface area contributed by atoms with Gasteiger partial charge in [-0.2, -0.15) is 0 Å². The van der Waals surface area contributed by atoms with E-state index in [9.17, 15) is 14.4 Å². The summed E-state index contributed by atoms with van der Waals surface area (Å²) in [5, 5.41) is 2.67. The Hall–Kier alpha value is -3.01. The van der Waals surface area contributed by atoms with E-state index in [4.69, 9.17) is 20.8 Å². The second kappa shape index (κ2) is 9.86. The van der Waals surface area contributed by atoms with Gasteiger partial charge in [-0.15, -0.1) is 0 Å². The van der Waals surface area contributed by atoms with Gasteiger partial charge in [0.05, 0.1) is 17.0 Å². The maximum Gasteiger partial charge on any atom is 0.294 e. The second-order valence-corrected chi connectivity index (χ2v) is 9.13. The summed E-state index contributed by atoms with van der Waals surface area (Å²) >= 11 is 10.2. The fourth-order valence-electron chi connectivity index (χ4n) is 3.02. The number of anilines is 1. The minimum absolute atomic E-state index is 0.173. The number of halogens is 2. The fraction of sp³-hybridized carbons (Fsp3) is 0.0870. The minimum atomic E-state index is -0.556. The molecule has 0 unspecified atom stereocenters. The van der Waals surface area contributed by atoms with E-state index in [1.807, 2.05) is 12.1 Å². The van der Waals surface area contributed by atoms with E-state index in [2.05, 4.69) is 21.2 Å². The molecule has 3 aromatic rings. The van der Waals surface area contributed by atoms with Crippen molar-refractivity contribution >= 4 is 68.1 Å². The van der Waals surface area contributed by atoms with Gasteiger partial charge in [0, 0.05) is 21.8 Å². The van der Waals surface area contributed by atoms with Gasteiger partial charge in [-0.05, 0) is 76.2 Å². The molecule has 2 aromatic carbocycles. The van der Waals surface area contributed by atoms with Gasteiger partial charge in [0.1, 0.15) is 23.8 Å². The molecule has 1 saturated heterocycles. The van der Waals surface area contributed by atoms with Crippen LogP contribution in [0.1, 0.15) is 5.76 Å². The molecule has 3 amide bonds. The highest BCUT2D eigenvalue weighted by Gasteiger charge is 2.36. The fourth-order valence-corrected chi connectivity index (χ4v) is 4.26. The van der Waals surface area contributed by atoms with Crippen molar-refractivity contribution in [3.8, 4) is 17.1 Å².